The molecule has 1 atom stereocenters. The predicted octanol–water partition coefficient (Wildman–Crippen LogP) is 3.62. The topological polar surface area (TPSA) is 59.9 Å². The molecule has 2 heterocycles. The zero-order valence-electron chi connectivity index (χ0n) is 15.3. The van der Waals surface area contributed by atoms with Gasteiger partial charge >= 0.3 is 0 Å². The average molecular weight is 513 g/mol. The van der Waals surface area contributed by atoms with Crippen molar-refractivity contribution in [2.75, 3.05) is 26.7 Å². The SMILES string of the molecule is CN=C(NCC(O)c1ccc(Cl)s1)NC1CCN(C2CCCC2)CC1.I. The molecule has 0 aromatic carbocycles. The summed E-state index contributed by atoms with van der Waals surface area (Å²) in [6.07, 6.45) is 7.30. The zero-order valence-corrected chi connectivity index (χ0v) is 19.2. The number of likely N-dealkylation sites (tertiary alicyclic amines) is 1. The molecule has 1 saturated heterocycles. The van der Waals surface area contributed by atoms with Crippen molar-refractivity contribution in [3.05, 3.63) is 21.3 Å². The summed E-state index contributed by atoms with van der Waals surface area (Å²) >= 11 is 7.34. The minimum Gasteiger partial charge on any atom is -0.386 e. The Morgan fingerprint density at radius 1 is 1.31 bits per heavy atom. The van der Waals surface area contributed by atoms with E-state index in [4.69, 9.17) is 11.6 Å². The van der Waals surface area contributed by atoms with Crippen LogP contribution in [0.2, 0.25) is 4.34 Å². The number of piperidine rings is 1. The molecule has 1 saturated carbocycles. The van der Waals surface area contributed by atoms with Gasteiger partial charge in [-0.2, -0.15) is 0 Å². The number of aliphatic imine (C=N–C) groups is 1. The van der Waals surface area contributed by atoms with Gasteiger partial charge in [-0.3, -0.25) is 4.99 Å². The van der Waals surface area contributed by atoms with Crippen LogP contribution in [0, 0.1) is 0 Å². The lowest BCUT2D eigenvalue weighted by Gasteiger charge is -2.36. The standard InChI is InChI=1S/C18H29ClN4OS.HI/c1-20-18(21-12-15(24)16-6-7-17(19)25-16)22-13-8-10-23(11-9-13)14-4-2-3-5-14;/h6-7,13-15,24H,2-5,8-12H2,1H3,(H2,20,21,22);1H. The van der Waals surface area contributed by atoms with Gasteiger partial charge in [0.05, 0.1) is 4.34 Å². The fourth-order valence-corrected chi connectivity index (χ4v) is 4.91. The maximum Gasteiger partial charge on any atom is 0.191 e. The average Bonchev–Trinajstić information content (AvgIpc) is 3.30. The monoisotopic (exact) mass is 512 g/mol. The van der Waals surface area contributed by atoms with Crippen molar-refractivity contribution in [1.82, 2.24) is 15.5 Å². The van der Waals surface area contributed by atoms with Gasteiger partial charge in [0, 0.05) is 43.6 Å². The van der Waals surface area contributed by atoms with E-state index in [1.165, 1.54) is 50.1 Å². The lowest BCUT2D eigenvalue weighted by Crippen LogP contribution is -2.50. The zero-order chi connectivity index (χ0) is 17.6. The molecule has 0 spiro atoms. The number of rotatable bonds is 5. The first-order valence-corrected chi connectivity index (χ1v) is 10.5. The van der Waals surface area contributed by atoms with E-state index in [0.717, 1.165) is 29.7 Å². The van der Waals surface area contributed by atoms with Gasteiger partial charge in [0.1, 0.15) is 6.10 Å². The van der Waals surface area contributed by atoms with Crippen LogP contribution >= 0.6 is 46.9 Å². The second-order valence-corrected chi connectivity index (χ2v) is 8.75. The molecule has 2 fully saturated rings. The third-order valence-electron chi connectivity index (χ3n) is 5.32. The first-order chi connectivity index (χ1) is 12.2. The maximum absolute atomic E-state index is 10.2. The number of aliphatic hydroxyl groups excluding tert-OH is 1. The molecule has 0 amide bonds. The van der Waals surface area contributed by atoms with Crippen LogP contribution in [-0.4, -0.2) is 54.7 Å². The number of thiophene rings is 1. The van der Waals surface area contributed by atoms with Crippen LogP contribution in [0.15, 0.2) is 17.1 Å². The van der Waals surface area contributed by atoms with Gasteiger partial charge in [-0.15, -0.1) is 35.3 Å². The fourth-order valence-electron chi connectivity index (χ4n) is 3.87. The highest BCUT2D eigenvalue weighted by Crippen LogP contribution is 2.27. The van der Waals surface area contributed by atoms with Crippen molar-refractivity contribution in [2.24, 2.45) is 4.99 Å². The van der Waals surface area contributed by atoms with E-state index in [1.54, 1.807) is 7.05 Å². The lowest BCUT2D eigenvalue weighted by molar-refractivity contribution is 0.149. The van der Waals surface area contributed by atoms with Gasteiger partial charge in [0.15, 0.2) is 5.96 Å². The van der Waals surface area contributed by atoms with E-state index in [0.29, 0.717) is 16.9 Å². The minimum absolute atomic E-state index is 0. The van der Waals surface area contributed by atoms with Crippen molar-refractivity contribution < 1.29 is 5.11 Å². The Morgan fingerprint density at radius 3 is 2.58 bits per heavy atom. The summed E-state index contributed by atoms with van der Waals surface area (Å²) < 4.78 is 0.700. The maximum atomic E-state index is 10.2. The van der Waals surface area contributed by atoms with Gasteiger partial charge in [-0.05, 0) is 37.8 Å². The Bertz CT molecular complexity index is 571. The Hall–Kier alpha value is -0.0900. The summed E-state index contributed by atoms with van der Waals surface area (Å²) in [7, 11) is 1.78. The van der Waals surface area contributed by atoms with E-state index >= 15 is 0 Å². The molecule has 0 bridgehead atoms. The number of halogens is 2. The molecule has 1 aliphatic carbocycles. The number of guanidine groups is 1. The van der Waals surface area contributed by atoms with E-state index < -0.39 is 6.10 Å². The van der Waals surface area contributed by atoms with E-state index in [-0.39, 0.29) is 24.0 Å². The summed E-state index contributed by atoms with van der Waals surface area (Å²) in [5, 5.41) is 17.0. The first-order valence-electron chi connectivity index (χ1n) is 9.30. The van der Waals surface area contributed by atoms with Gasteiger partial charge < -0.3 is 20.6 Å². The molecule has 1 aromatic heterocycles. The molecule has 148 valence electrons. The molecule has 3 N–H and O–H groups in total. The van der Waals surface area contributed by atoms with E-state index in [2.05, 4.69) is 20.5 Å². The Kier molecular flexibility index (Phi) is 9.43. The van der Waals surface area contributed by atoms with Crippen molar-refractivity contribution in [1.29, 1.82) is 0 Å². The van der Waals surface area contributed by atoms with Crippen LogP contribution in [0.4, 0.5) is 0 Å². The number of aliphatic hydroxyl groups is 1. The van der Waals surface area contributed by atoms with Gasteiger partial charge in [0.25, 0.3) is 0 Å². The quantitative estimate of drug-likeness (QED) is 0.320. The summed E-state index contributed by atoms with van der Waals surface area (Å²) in [6.45, 7) is 2.78. The molecular weight excluding hydrogens is 483 g/mol. The summed E-state index contributed by atoms with van der Waals surface area (Å²) in [5.41, 5.74) is 0. The molecule has 5 nitrogen and oxygen atoms in total. The Balaban J connectivity index is 0.00000243. The van der Waals surface area contributed by atoms with Crippen LogP contribution in [0.3, 0.4) is 0 Å². The second-order valence-electron chi connectivity index (χ2n) is 7.00. The smallest absolute Gasteiger partial charge is 0.191 e. The molecule has 2 aliphatic rings. The van der Waals surface area contributed by atoms with Crippen LogP contribution < -0.4 is 10.6 Å². The highest BCUT2D eigenvalue weighted by Gasteiger charge is 2.27. The number of hydrogen-bond acceptors (Lipinski definition) is 4. The molecular formula is C18H30ClIN4OS. The highest BCUT2D eigenvalue weighted by atomic mass is 127. The van der Waals surface area contributed by atoms with Crippen LogP contribution in [0.5, 0.6) is 0 Å². The summed E-state index contributed by atoms with van der Waals surface area (Å²) in [4.78, 5) is 7.84. The van der Waals surface area contributed by atoms with Crippen molar-refractivity contribution in [3.8, 4) is 0 Å². The molecule has 0 radical (unpaired) electrons. The highest BCUT2D eigenvalue weighted by molar-refractivity contribution is 14.0. The normalized spacial score (nSPS) is 21.4. The first kappa shape index (κ1) is 22.2. The van der Waals surface area contributed by atoms with Gasteiger partial charge in [0.2, 0.25) is 0 Å². The second kappa shape index (κ2) is 11.0. The van der Waals surface area contributed by atoms with E-state index in [1.807, 2.05) is 12.1 Å². The minimum atomic E-state index is -0.569. The van der Waals surface area contributed by atoms with Crippen LogP contribution in [0.25, 0.3) is 0 Å². The largest absolute Gasteiger partial charge is 0.386 e. The molecule has 26 heavy (non-hydrogen) atoms. The van der Waals surface area contributed by atoms with Gasteiger partial charge in [-0.1, -0.05) is 24.4 Å². The number of nitrogens with one attached hydrogen (secondary N) is 2. The van der Waals surface area contributed by atoms with E-state index in [9.17, 15) is 5.11 Å². The third-order valence-corrected chi connectivity index (χ3v) is 6.65. The Labute approximate surface area is 182 Å². The van der Waals surface area contributed by atoms with Crippen molar-refractivity contribution in [3.63, 3.8) is 0 Å². The van der Waals surface area contributed by atoms with Gasteiger partial charge in [-0.25, -0.2) is 0 Å². The Morgan fingerprint density at radius 2 is 2.00 bits per heavy atom. The molecule has 1 aromatic rings. The van der Waals surface area contributed by atoms with Crippen molar-refractivity contribution in [2.45, 2.75) is 56.7 Å². The van der Waals surface area contributed by atoms with Crippen molar-refractivity contribution >= 4 is 52.9 Å². The summed E-state index contributed by atoms with van der Waals surface area (Å²) in [6, 6.07) is 4.97. The van der Waals surface area contributed by atoms with Crippen LogP contribution in [-0.2, 0) is 0 Å². The molecule has 1 aliphatic heterocycles. The molecule has 1 unspecified atom stereocenters. The molecule has 3 rings (SSSR count). The predicted molar refractivity (Wildman–Crippen MR) is 121 cm³/mol. The number of hydrogen-bond donors (Lipinski definition) is 3. The number of nitrogens with zero attached hydrogens (tertiary/aromatic N) is 2. The summed E-state index contributed by atoms with van der Waals surface area (Å²) in [5.74, 6) is 0.765. The fraction of sp³-hybridized carbons (Fsp3) is 0.722. The van der Waals surface area contributed by atoms with Crippen LogP contribution in [0.1, 0.15) is 49.5 Å². The third kappa shape index (κ3) is 6.22. The molecule has 8 heteroatoms. The lowest BCUT2D eigenvalue weighted by atomic mass is 10.0.